The zero-order chi connectivity index (χ0) is 19.4. The van der Waals surface area contributed by atoms with E-state index in [1.165, 1.54) is 4.68 Å². The average Bonchev–Trinajstić information content (AvgIpc) is 2.67. The van der Waals surface area contributed by atoms with Crippen molar-refractivity contribution in [1.82, 2.24) is 20.3 Å². The second-order valence-corrected chi connectivity index (χ2v) is 6.42. The number of benzene rings is 2. The van der Waals surface area contributed by atoms with Gasteiger partial charge in [0, 0.05) is 12.0 Å². The largest absolute Gasteiger partial charge is 0.496 e. The first-order valence-electron chi connectivity index (χ1n) is 8.76. The van der Waals surface area contributed by atoms with Gasteiger partial charge in [0.05, 0.1) is 25.1 Å². The Morgan fingerprint density at radius 3 is 2.81 bits per heavy atom. The predicted molar refractivity (Wildman–Crippen MR) is 103 cm³/mol. The highest BCUT2D eigenvalue weighted by molar-refractivity contribution is 5.77. The van der Waals surface area contributed by atoms with Crippen LogP contribution in [0.2, 0.25) is 0 Å². The number of hydrogen-bond acceptors (Lipinski definition) is 5. The van der Waals surface area contributed by atoms with Gasteiger partial charge in [0.1, 0.15) is 11.3 Å². The molecule has 0 aliphatic rings. The maximum atomic E-state index is 12.4. The zero-order valence-corrected chi connectivity index (χ0v) is 15.6. The van der Waals surface area contributed by atoms with Crippen molar-refractivity contribution in [2.24, 2.45) is 0 Å². The molecule has 0 aliphatic carbocycles. The molecular weight excluding hydrogens is 344 g/mol. The molecule has 0 saturated carbocycles. The van der Waals surface area contributed by atoms with Gasteiger partial charge in [-0.05, 0) is 32.0 Å². The maximum Gasteiger partial charge on any atom is 0.277 e. The SMILES string of the molecule is COc1ccc(C)cc1[C@@H](C)NC(=O)CCn1nnc2ccccc2c1=O. The number of fused-ring (bicyclic) bond motifs is 1. The Labute approximate surface area is 157 Å². The van der Waals surface area contributed by atoms with E-state index in [4.69, 9.17) is 4.74 Å². The quantitative estimate of drug-likeness (QED) is 0.724. The molecule has 0 saturated heterocycles. The van der Waals surface area contributed by atoms with Crippen LogP contribution in [0.1, 0.15) is 30.5 Å². The van der Waals surface area contributed by atoms with Crippen LogP contribution in [0.5, 0.6) is 5.75 Å². The monoisotopic (exact) mass is 366 g/mol. The summed E-state index contributed by atoms with van der Waals surface area (Å²) < 4.78 is 6.60. The van der Waals surface area contributed by atoms with Gasteiger partial charge in [0.2, 0.25) is 5.91 Å². The minimum Gasteiger partial charge on any atom is -0.496 e. The molecule has 1 heterocycles. The molecule has 3 aromatic rings. The van der Waals surface area contributed by atoms with Crippen LogP contribution in [0, 0.1) is 6.92 Å². The summed E-state index contributed by atoms with van der Waals surface area (Å²) in [6.45, 7) is 4.06. The van der Waals surface area contributed by atoms with Crippen molar-refractivity contribution in [2.45, 2.75) is 32.9 Å². The summed E-state index contributed by atoms with van der Waals surface area (Å²) in [5, 5.41) is 11.4. The third kappa shape index (κ3) is 4.13. The van der Waals surface area contributed by atoms with Crippen molar-refractivity contribution in [2.75, 3.05) is 7.11 Å². The molecule has 2 aromatic carbocycles. The highest BCUT2D eigenvalue weighted by Gasteiger charge is 2.15. The average molecular weight is 366 g/mol. The number of carbonyl (C=O) groups excluding carboxylic acids is 1. The fraction of sp³-hybridized carbons (Fsp3) is 0.300. The standard InChI is InChI=1S/C20H22N4O3/c1-13-8-9-18(27-3)16(12-13)14(2)21-19(25)10-11-24-20(26)15-6-4-5-7-17(15)22-23-24/h4-9,12,14H,10-11H2,1-3H3,(H,21,25)/t14-/m1/s1. The number of rotatable bonds is 6. The fourth-order valence-electron chi connectivity index (χ4n) is 2.96. The first-order chi connectivity index (χ1) is 13.0. The third-order valence-corrected chi connectivity index (χ3v) is 4.41. The lowest BCUT2D eigenvalue weighted by molar-refractivity contribution is -0.122. The molecule has 0 spiro atoms. The van der Waals surface area contributed by atoms with E-state index in [1.54, 1.807) is 31.4 Å². The van der Waals surface area contributed by atoms with Gasteiger partial charge in [-0.15, -0.1) is 5.10 Å². The van der Waals surface area contributed by atoms with E-state index in [2.05, 4.69) is 15.6 Å². The summed E-state index contributed by atoms with van der Waals surface area (Å²) in [4.78, 5) is 24.8. The maximum absolute atomic E-state index is 12.4. The first kappa shape index (κ1) is 18.6. The number of ether oxygens (including phenoxy) is 1. The van der Waals surface area contributed by atoms with Gasteiger partial charge in [-0.1, -0.05) is 35.0 Å². The van der Waals surface area contributed by atoms with Crippen molar-refractivity contribution >= 4 is 16.8 Å². The van der Waals surface area contributed by atoms with E-state index < -0.39 is 0 Å². The van der Waals surface area contributed by atoms with Crippen LogP contribution in [-0.4, -0.2) is 28.0 Å². The molecule has 0 unspecified atom stereocenters. The normalized spacial score (nSPS) is 12.0. The van der Waals surface area contributed by atoms with Crippen molar-refractivity contribution in [1.29, 1.82) is 0 Å². The summed E-state index contributed by atoms with van der Waals surface area (Å²) >= 11 is 0. The number of aryl methyl sites for hydroxylation is 2. The van der Waals surface area contributed by atoms with Crippen LogP contribution in [0.4, 0.5) is 0 Å². The van der Waals surface area contributed by atoms with Gasteiger partial charge in [-0.2, -0.15) is 0 Å². The Bertz CT molecular complexity index is 1030. The van der Waals surface area contributed by atoms with Gasteiger partial charge >= 0.3 is 0 Å². The van der Waals surface area contributed by atoms with E-state index in [0.29, 0.717) is 10.9 Å². The number of methoxy groups -OCH3 is 1. The Kier molecular flexibility index (Phi) is 5.49. The van der Waals surface area contributed by atoms with Crippen molar-refractivity contribution < 1.29 is 9.53 Å². The molecule has 7 heteroatoms. The lowest BCUT2D eigenvalue weighted by Crippen LogP contribution is -2.31. The molecule has 1 aromatic heterocycles. The van der Waals surface area contributed by atoms with Crippen molar-refractivity contribution in [3.05, 3.63) is 63.9 Å². The number of hydrogen-bond donors (Lipinski definition) is 1. The summed E-state index contributed by atoms with van der Waals surface area (Å²) in [5.41, 5.74) is 2.29. The van der Waals surface area contributed by atoms with Crippen LogP contribution < -0.4 is 15.6 Å². The highest BCUT2D eigenvalue weighted by atomic mass is 16.5. The molecule has 1 N–H and O–H groups in total. The number of carbonyl (C=O) groups is 1. The second-order valence-electron chi connectivity index (χ2n) is 6.42. The summed E-state index contributed by atoms with van der Waals surface area (Å²) in [6, 6.07) is 12.6. The zero-order valence-electron chi connectivity index (χ0n) is 15.6. The Hall–Kier alpha value is -3.22. The van der Waals surface area contributed by atoms with Gasteiger partial charge < -0.3 is 10.1 Å². The minimum atomic E-state index is -0.248. The Morgan fingerprint density at radius 2 is 2.04 bits per heavy atom. The van der Waals surface area contributed by atoms with E-state index in [9.17, 15) is 9.59 Å². The number of nitrogens with one attached hydrogen (secondary N) is 1. The topological polar surface area (TPSA) is 86.1 Å². The molecule has 0 fully saturated rings. The highest BCUT2D eigenvalue weighted by Crippen LogP contribution is 2.26. The van der Waals surface area contributed by atoms with Gasteiger partial charge in [-0.3, -0.25) is 9.59 Å². The van der Waals surface area contributed by atoms with E-state index in [0.717, 1.165) is 16.9 Å². The van der Waals surface area contributed by atoms with Gasteiger partial charge in [0.25, 0.3) is 5.56 Å². The third-order valence-electron chi connectivity index (χ3n) is 4.41. The van der Waals surface area contributed by atoms with Gasteiger partial charge in [0.15, 0.2) is 0 Å². The van der Waals surface area contributed by atoms with Crippen LogP contribution in [-0.2, 0) is 11.3 Å². The number of nitrogens with zero attached hydrogens (tertiary/aromatic N) is 3. The Morgan fingerprint density at radius 1 is 1.26 bits per heavy atom. The molecule has 1 atom stereocenters. The molecule has 140 valence electrons. The molecule has 0 radical (unpaired) electrons. The predicted octanol–water partition coefficient (Wildman–Crippen LogP) is 2.38. The van der Waals surface area contributed by atoms with Gasteiger partial charge in [-0.25, -0.2) is 4.68 Å². The molecule has 27 heavy (non-hydrogen) atoms. The van der Waals surface area contributed by atoms with E-state index in [-0.39, 0.29) is 30.5 Å². The second kappa shape index (κ2) is 7.99. The first-order valence-corrected chi connectivity index (χ1v) is 8.76. The smallest absolute Gasteiger partial charge is 0.277 e. The lowest BCUT2D eigenvalue weighted by atomic mass is 10.0. The van der Waals surface area contributed by atoms with Crippen LogP contribution in [0.15, 0.2) is 47.3 Å². The van der Waals surface area contributed by atoms with Crippen molar-refractivity contribution in [3.63, 3.8) is 0 Å². The molecule has 1 amide bonds. The molecule has 0 aliphatic heterocycles. The van der Waals surface area contributed by atoms with E-state index in [1.807, 2.05) is 32.0 Å². The number of aromatic nitrogens is 3. The van der Waals surface area contributed by atoms with Crippen molar-refractivity contribution in [3.8, 4) is 5.75 Å². The fourth-order valence-corrected chi connectivity index (χ4v) is 2.96. The Balaban J connectivity index is 1.67. The molecule has 3 rings (SSSR count). The minimum absolute atomic E-state index is 0.130. The van der Waals surface area contributed by atoms with E-state index >= 15 is 0 Å². The molecule has 7 nitrogen and oxygen atoms in total. The summed E-state index contributed by atoms with van der Waals surface area (Å²) in [5.74, 6) is 0.554. The van der Waals surface area contributed by atoms with Crippen LogP contribution in [0.25, 0.3) is 10.9 Å². The molecule has 0 bridgehead atoms. The molecular formula is C20H22N4O3. The number of amides is 1. The van der Waals surface area contributed by atoms with Crippen LogP contribution >= 0.6 is 0 Å². The van der Waals surface area contributed by atoms with Crippen LogP contribution in [0.3, 0.4) is 0 Å². The lowest BCUT2D eigenvalue weighted by Gasteiger charge is -2.18. The summed E-state index contributed by atoms with van der Waals surface area (Å²) in [7, 11) is 1.60. The summed E-state index contributed by atoms with van der Waals surface area (Å²) in [6.07, 6.45) is 0.130.